The van der Waals surface area contributed by atoms with Crippen molar-refractivity contribution in [3.8, 4) is 0 Å². The topological polar surface area (TPSA) is 68.0 Å². The molecule has 0 aromatic carbocycles. The van der Waals surface area contributed by atoms with Crippen LogP contribution in [0.15, 0.2) is 18.3 Å². The van der Waals surface area contributed by atoms with Gasteiger partial charge in [-0.05, 0) is 23.5 Å². The summed E-state index contributed by atoms with van der Waals surface area (Å²) in [5.41, 5.74) is 6.95. The lowest BCUT2D eigenvalue weighted by molar-refractivity contribution is 0.0930. The van der Waals surface area contributed by atoms with E-state index in [1.807, 2.05) is 6.07 Å². The van der Waals surface area contributed by atoms with Gasteiger partial charge in [0, 0.05) is 19.3 Å². The van der Waals surface area contributed by atoms with Gasteiger partial charge in [-0.15, -0.1) is 0 Å². The number of hydrogen-bond donors (Lipinski definition) is 2. The van der Waals surface area contributed by atoms with Crippen molar-refractivity contribution in [3.63, 3.8) is 0 Å². The second-order valence-electron chi connectivity index (χ2n) is 4.96. The van der Waals surface area contributed by atoms with Gasteiger partial charge < -0.3 is 11.1 Å². The van der Waals surface area contributed by atoms with Crippen LogP contribution in [-0.4, -0.2) is 17.4 Å². The second-order valence-corrected chi connectivity index (χ2v) is 4.96. The molecule has 0 fully saturated rings. The molecule has 4 nitrogen and oxygen atoms in total. The highest BCUT2D eigenvalue weighted by atomic mass is 16.1. The lowest BCUT2D eigenvalue weighted by Crippen LogP contribution is -2.34. The van der Waals surface area contributed by atoms with Crippen LogP contribution in [-0.2, 0) is 6.54 Å². The number of amides is 1. The Bertz CT molecular complexity index is 371. The average molecular weight is 235 g/mol. The van der Waals surface area contributed by atoms with Crippen LogP contribution in [0.3, 0.4) is 0 Å². The van der Waals surface area contributed by atoms with Crippen molar-refractivity contribution in [2.45, 2.75) is 33.7 Å². The Labute approximate surface area is 103 Å². The predicted octanol–water partition coefficient (Wildman–Crippen LogP) is 1.71. The molecule has 0 bridgehead atoms. The lowest BCUT2D eigenvalue weighted by atomic mass is 9.90. The highest BCUT2D eigenvalue weighted by Gasteiger charge is 2.17. The zero-order valence-electron chi connectivity index (χ0n) is 10.8. The molecular weight excluding hydrogens is 214 g/mol. The van der Waals surface area contributed by atoms with Crippen molar-refractivity contribution >= 4 is 5.91 Å². The molecule has 1 aromatic heterocycles. The number of nitrogens with zero attached hydrogens (tertiary/aromatic N) is 1. The molecule has 0 saturated carbocycles. The molecule has 1 aromatic rings. The van der Waals surface area contributed by atoms with Gasteiger partial charge >= 0.3 is 0 Å². The van der Waals surface area contributed by atoms with E-state index in [1.54, 1.807) is 12.3 Å². The SMILES string of the molecule is CCC(C)(C)CNC(=O)c1ccc(CN)cn1. The van der Waals surface area contributed by atoms with Crippen molar-refractivity contribution < 1.29 is 4.79 Å². The Hall–Kier alpha value is -1.42. The summed E-state index contributed by atoms with van der Waals surface area (Å²) in [6, 6.07) is 3.53. The normalized spacial score (nSPS) is 11.3. The molecule has 0 aliphatic rings. The van der Waals surface area contributed by atoms with Crippen molar-refractivity contribution in [2.75, 3.05) is 6.54 Å². The number of carbonyl (C=O) groups excluding carboxylic acids is 1. The third kappa shape index (κ3) is 4.15. The van der Waals surface area contributed by atoms with Gasteiger partial charge in [-0.25, -0.2) is 0 Å². The highest BCUT2D eigenvalue weighted by Crippen LogP contribution is 2.17. The molecule has 1 amide bonds. The number of pyridine rings is 1. The molecule has 1 rings (SSSR count). The van der Waals surface area contributed by atoms with Crippen molar-refractivity contribution in [1.29, 1.82) is 0 Å². The number of rotatable bonds is 5. The van der Waals surface area contributed by atoms with E-state index in [-0.39, 0.29) is 11.3 Å². The van der Waals surface area contributed by atoms with Crippen LogP contribution < -0.4 is 11.1 Å². The van der Waals surface area contributed by atoms with Crippen molar-refractivity contribution in [3.05, 3.63) is 29.6 Å². The summed E-state index contributed by atoms with van der Waals surface area (Å²) >= 11 is 0. The average Bonchev–Trinajstić information content (AvgIpc) is 2.36. The molecule has 0 aliphatic carbocycles. The molecule has 0 atom stereocenters. The van der Waals surface area contributed by atoms with Gasteiger partial charge in [0.2, 0.25) is 0 Å². The maximum absolute atomic E-state index is 11.8. The summed E-state index contributed by atoms with van der Waals surface area (Å²) in [6.45, 7) is 7.46. The van der Waals surface area contributed by atoms with Gasteiger partial charge in [-0.3, -0.25) is 9.78 Å². The minimum Gasteiger partial charge on any atom is -0.350 e. The van der Waals surface area contributed by atoms with E-state index in [2.05, 4.69) is 31.1 Å². The zero-order valence-corrected chi connectivity index (χ0v) is 10.8. The van der Waals surface area contributed by atoms with E-state index >= 15 is 0 Å². The first-order valence-corrected chi connectivity index (χ1v) is 5.91. The molecule has 3 N–H and O–H groups in total. The molecular formula is C13H21N3O. The molecule has 17 heavy (non-hydrogen) atoms. The van der Waals surface area contributed by atoms with Gasteiger partial charge in [0.15, 0.2) is 0 Å². The molecule has 0 saturated heterocycles. The fraction of sp³-hybridized carbons (Fsp3) is 0.538. The molecule has 0 unspecified atom stereocenters. The highest BCUT2D eigenvalue weighted by molar-refractivity contribution is 5.92. The predicted molar refractivity (Wildman–Crippen MR) is 68.5 cm³/mol. The maximum Gasteiger partial charge on any atom is 0.269 e. The molecule has 0 radical (unpaired) electrons. The zero-order chi connectivity index (χ0) is 12.9. The molecule has 0 spiro atoms. The summed E-state index contributed by atoms with van der Waals surface area (Å²) in [4.78, 5) is 15.9. The fourth-order valence-electron chi connectivity index (χ4n) is 1.21. The standard InChI is InChI=1S/C13H21N3O/c1-4-13(2,3)9-16-12(17)11-6-5-10(7-14)8-15-11/h5-6,8H,4,7,9,14H2,1-3H3,(H,16,17). The summed E-state index contributed by atoms with van der Waals surface area (Å²) < 4.78 is 0. The van der Waals surface area contributed by atoms with Gasteiger partial charge in [-0.1, -0.05) is 26.8 Å². The number of nitrogens with one attached hydrogen (secondary N) is 1. The first-order valence-electron chi connectivity index (χ1n) is 5.91. The van der Waals surface area contributed by atoms with Crippen LogP contribution in [0.1, 0.15) is 43.2 Å². The van der Waals surface area contributed by atoms with E-state index in [9.17, 15) is 4.79 Å². The summed E-state index contributed by atoms with van der Waals surface area (Å²) in [5, 5.41) is 2.89. The van der Waals surface area contributed by atoms with Gasteiger partial charge in [0.1, 0.15) is 5.69 Å². The minimum absolute atomic E-state index is 0.118. The van der Waals surface area contributed by atoms with Gasteiger partial charge in [0.05, 0.1) is 0 Å². The minimum atomic E-state index is -0.130. The van der Waals surface area contributed by atoms with Crippen molar-refractivity contribution in [2.24, 2.45) is 11.1 Å². The Morgan fingerprint density at radius 1 is 1.47 bits per heavy atom. The largest absolute Gasteiger partial charge is 0.350 e. The summed E-state index contributed by atoms with van der Waals surface area (Å²) in [5.74, 6) is -0.130. The molecule has 0 aliphatic heterocycles. The first kappa shape index (κ1) is 13.6. The van der Waals surface area contributed by atoms with E-state index in [4.69, 9.17) is 5.73 Å². The van der Waals surface area contributed by atoms with Crippen LogP contribution in [0.5, 0.6) is 0 Å². The van der Waals surface area contributed by atoms with Crippen molar-refractivity contribution in [1.82, 2.24) is 10.3 Å². The fourth-order valence-corrected chi connectivity index (χ4v) is 1.21. The van der Waals surface area contributed by atoms with Gasteiger partial charge in [0.25, 0.3) is 5.91 Å². The number of aromatic nitrogens is 1. The molecule has 1 heterocycles. The third-order valence-electron chi connectivity index (χ3n) is 2.98. The third-order valence-corrected chi connectivity index (χ3v) is 2.98. The van der Waals surface area contributed by atoms with E-state index in [1.165, 1.54) is 0 Å². The number of carbonyl (C=O) groups is 1. The van der Waals surface area contributed by atoms with Crippen LogP contribution in [0.4, 0.5) is 0 Å². The molecule has 4 heteroatoms. The Morgan fingerprint density at radius 3 is 2.65 bits per heavy atom. The Morgan fingerprint density at radius 2 is 2.18 bits per heavy atom. The van der Waals surface area contributed by atoms with Crippen LogP contribution in [0.25, 0.3) is 0 Å². The van der Waals surface area contributed by atoms with Crippen LogP contribution in [0.2, 0.25) is 0 Å². The summed E-state index contributed by atoms with van der Waals surface area (Å²) in [6.07, 6.45) is 2.66. The first-order chi connectivity index (χ1) is 7.98. The Kier molecular flexibility index (Phi) is 4.63. The van der Waals surface area contributed by atoms with Gasteiger partial charge in [-0.2, -0.15) is 0 Å². The maximum atomic E-state index is 11.8. The summed E-state index contributed by atoms with van der Waals surface area (Å²) in [7, 11) is 0. The smallest absolute Gasteiger partial charge is 0.269 e. The number of hydrogen-bond acceptors (Lipinski definition) is 3. The number of nitrogens with two attached hydrogens (primary N) is 1. The van der Waals surface area contributed by atoms with E-state index < -0.39 is 0 Å². The van der Waals surface area contributed by atoms with Crippen LogP contribution >= 0.6 is 0 Å². The monoisotopic (exact) mass is 235 g/mol. The van der Waals surface area contributed by atoms with Crippen LogP contribution in [0, 0.1) is 5.41 Å². The lowest BCUT2D eigenvalue weighted by Gasteiger charge is -2.22. The Balaban J connectivity index is 2.58. The van der Waals surface area contributed by atoms with E-state index in [0.717, 1.165) is 12.0 Å². The van der Waals surface area contributed by atoms with E-state index in [0.29, 0.717) is 18.8 Å². The quantitative estimate of drug-likeness (QED) is 0.816. The molecule has 94 valence electrons. The second kappa shape index (κ2) is 5.77.